The lowest BCUT2D eigenvalue weighted by molar-refractivity contribution is 1.15. The second-order valence-electron chi connectivity index (χ2n) is 14.0. The Balaban J connectivity index is 1.12. The summed E-state index contributed by atoms with van der Waals surface area (Å²) in [6.07, 6.45) is 0. The molecule has 0 amide bonds. The molecular weight excluding hydrogens is 671 g/mol. The van der Waals surface area contributed by atoms with Gasteiger partial charge in [-0.3, -0.25) is 0 Å². The lowest BCUT2D eigenvalue weighted by atomic mass is 9.98. The molecule has 0 aliphatic heterocycles. The standard InChI is InChI=1S/C50H29N5/c1-52-33-24-27-49-42(29-33)40-17-5-9-22-47(40)55(49)48-23-11-18-36(43(48)31-51)32-12-10-13-34(28-32)54-46-21-8-4-16-39(46)41-26-25-35(30-50(41)54)53-44-19-6-2-14-37(44)38-15-3-7-20-45(38)53/h2-30H. The number of benzene rings is 8. The first-order valence-corrected chi connectivity index (χ1v) is 18.3. The number of nitrogens with zero attached hydrogens (tertiary/aromatic N) is 5. The molecule has 0 unspecified atom stereocenters. The van der Waals surface area contributed by atoms with Crippen LogP contribution in [0.15, 0.2) is 176 Å². The number of hydrogen-bond acceptors (Lipinski definition) is 1. The van der Waals surface area contributed by atoms with Crippen molar-refractivity contribution < 1.29 is 0 Å². The molecule has 8 aromatic carbocycles. The fourth-order valence-corrected chi connectivity index (χ4v) is 8.76. The van der Waals surface area contributed by atoms with Crippen LogP contribution in [0.3, 0.4) is 0 Å². The Bertz CT molecular complexity index is 3420. The first-order valence-electron chi connectivity index (χ1n) is 18.3. The van der Waals surface area contributed by atoms with Crippen molar-refractivity contribution in [3.8, 4) is 34.3 Å². The van der Waals surface area contributed by atoms with Gasteiger partial charge in [-0.15, -0.1) is 0 Å². The van der Waals surface area contributed by atoms with Gasteiger partial charge >= 0.3 is 0 Å². The Kier molecular flexibility index (Phi) is 6.61. The summed E-state index contributed by atoms with van der Waals surface area (Å²) in [6.45, 7) is 7.62. The molecule has 3 heterocycles. The van der Waals surface area contributed by atoms with Crippen molar-refractivity contribution in [1.29, 1.82) is 5.26 Å². The maximum Gasteiger partial charge on any atom is 0.188 e. The average molecular weight is 700 g/mol. The molecule has 3 aromatic heterocycles. The largest absolute Gasteiger partial charge is 0.309 e. The molecule has 0 aliphatic carbocycles. The molecule has 0 N–H and O–H groups in total. The van der Waals surface area contributed by atoms with Gasteiger partial charge in [0.1, 0.15) is 6.07 Å². The number of para-hydroxylation sites is 4. The van der Waals surface area contributed by atoms with Crippen LogP contribution in [0.2, 0.25) is 0 Å². The molecule has 0 atom stereocenters. The molecule has 11 aromatic rings. The third-order valence-corrected chi connectivity index (χ3v) is 11.1. The van der Waals surface area contributed by atoms with Gasteiger partial charge in [0.15, 0.2) is 5.69 Å². The third kappa shape index (κ3) is 4.45. The zero-order valence-electron chi connectivity index (χ0n) is 29.5. The molecule has 0 saturated carbocycles. The average Bonchev–Trinajstić information content (AvgIpc) is 3.88. The molecule has 0 aliphatic rings. The monoisotopic (exact) mass is 699 g/mol. The minimum atomic E-state index is 0.590. The van der Waals surface area contributed by atoms with Crippen molar-refractivity contribution in [1.82, 2.24) is 13.7 Å². The van der Waals surface area contributed by atoms with Gasteiger partial charge in [0.25, 0.3) is 0 Å². The highest BCUT2D eigenvalue weighted by Crippen LogP contribution is 2.40. The van der Waals surface area contributed by atoms with Crippen LogP contribution < -0.4 is 0 Å². The molecule has 5 nitrogen and oxygen atoms in total. The quantitative estimate of drug-likeness (QED) is 0.169. The third-order valence-electron chi connectivity index (χ3n) is 11.1. The van der Waals surface area contributed by atoms with E-state index in [4.69, 9.17) is 6.57 Å². The zero-order valence-corrected chi connectivity index (χ0v) is 29.5. The molecule has 0 spiro atoms. The van der Waals surface area contributed by atoms with Crippen molar-refractivity contribution in [2.45, 2.75) is 0 Å². The number of fused-ring (bicyclic) bond motifs is 9. The summed E-state index contributed by atoms with van der Waals surface area (Å²) in [5, 5.41) is 17.8. The van der Waals surface area contributed by atoms with Crippen LogP contribution in [0.25, 0.3) is 98.5 Å². The van der Waals surface area contributed by atoms with Gasteiger partial charge < -0.3 is 13.7 Å². The Morgan fingerprint density at radius 3 is 1.58 bits per heavy atom. The Morgan fingerprint density at radius 2 is 0.945 bits per heavy atom. The number of hydrogen-bond donors (Lipinski definition) is 0. The van der Waals surface area contributed by atoms with Gasteiger partial charge in [-0.25, -0.2) is 4.85 Å². The van der Waals surface area contributed by atoms with Crippen LogP contribution >= 0.6 is 0 Å². The summed E-state index contributed by atoms with van der Waals surface area (Å²) in [6, 6.07) is 63.8. The van der Waals surface area contributed by atoms with E-state index in [1.807, 2.05) is 48.5 Å². The summed E-state index contributed by atoms with van der Waals surface area (Å²) in [5.74, 6) is 0. The highest BCUT2D eigenvalue weighted by atomic mass is 15.0. The number of nitriles is 1. The lowest BCUT2D eigenvalue weighted by Crippen LogP contribution is -2.00. The molecule has 11 rings (SSSR count). The zero-order chi connectivity index (χ0) is 36.6. The minimum absolute atomic E-state index is 0.590. The van der Waals surface area contributed by atoms with E-state index in [1.165, 1.54) is 32.6 Å². The smallest absolute Gasteiger partial charge is 0.188 e. The van der Waals surface area contributed by atoms with E-state index in [9.17, 15) is 5.26 Å². The van der Waals surface area contributed by atoms with Crippen LogP contribution in [0, 0.1) is 17.9 Å². The summed E-state index contributed by atoms with van der Waals surface area (Å²) in [7, 11) is 0. The topological polar surface area (TPSA) is 42.9 Å². The summed E-state index contributed by atoms with van der Waals surface area (Å²) < 4.78 is 6.88. The normalized spacial score (nSPS) is 11.6. The summed E-state index contributed by atoms with van der Waals surface area (Å²) in [4.78, 5) is 3.69. The number of aromatic nitrogens is 3. The highest BCUT2D eigenvalue weighted by molar-refractivity contribution is 6.13. The summed E-state index contributed by atoms with van der Waals surface area (Å²) >= 11 is 0. The van der Waals surface area contributed by atoms with Gasteiger partial charge in [-0.05, 0) is 77.7 Å². The van der Waals surface area contributed by atoms with Crippen LogP contribution in [-0.4, -0.2) is 13.7 Å². The maximum absolute atomic E-state index is 10.9. The van der Waals surface area contributed by atoms with E-state index in [0.29, 0.717) is 11.3 Å². The number of rotatable bonds is 4. The van der Waals surface area contributed by atoms with Gasteiger partial charge in [0.2, 0.25) is 0 Å². The van der Waals surface area contributed by atoms with E-state index in [2.05, 4.69) is 152 Å². The molecule has 0 radical (unpaired) electrons. The first kappa shape index (κ1) is 30.7. The van der Waals surface area contributed by atoms with Gasteiger partial charge in [-0.1, -0.05) is 109 Å². The van der Waals surface area contributed by atoms with E-state index in [1.54, 1.807) is 0 Å². The van der Waals surface area contributed by atoms with Crippen molar-refractivity contribution in [2.75, 3.05) is 0 Å². The Hall–Kier alpha value is -7.86. The van der Waals surface area contributed by atoms with Crippen molar-refractivity contribution >= 4 is 71.1 Å². The fraction of sp³-hybridized carbons (Fsp3) is 0. The molecule has 0 saturated heterocycles. The SMILES string of the molecule is [C-]#[N+]c1ccc2c(c1)c1ccccc1n2-c1cccc(-c2cccc(-n3c4ccccc4c4ccc(-n5c6ccccc6c6ccccc65)cc43)c2)c1C#N. The molecule has 0 fully saturated rings. The highest BCUT2D eigenvalue weighted by Gasteiger charge is 2.20. The second kappa shape index (κ2) is 11.8. The van der Waals surface area contributed by atoms with Gasteiger partial charge in [0, 0.05) is 43.9 Å². The van der Waals surface area contributed by atoms with Crippen molar-refractivity contribution in [2.24, 2.45) is 0 Å². The molecule has 55 heavy (non-hydrogen) atoms. The molecule has 254 valence electrons. The van der Waals surface area contributed by atoms with Crippen molar-refractivity contribution in [3.63, 3.8) is 0 Å². The maximum atomic E-state index is 10.9. The van der Waals surface area contributed by atoms with Crippen LogP contribution in [0.1, 0.15) is 5.56 Å². The van der Waals surface area contributed by atoms with E-state index < -0.39 is 0 Å². The Morgan fingerprint density at radius 1 is 0.418 bits per heavy atom. The molecular formula is C50H29N5. The van der Waals surface area contributed by atoms with Gasteiger partial charge in [0.05, 0.1) is 50.9 Å². The molecule has 5 heteroatoms. The first-order chi connectivity index (χ1) is 27.2. The predicted octanol–water partition coefficient (Wildman–Crippen LogP) is 13.1. The fourth-order valence-electron chi connectivity index (χ4n) is 8.76. The van der Waals surface area contributed by atoms with E-state index in [0.717, 1.165) is 61.0 Å². The van der Waals surface area contributed by atoms with E-state index in [-0.39, 0.29) is 0 Å². The lowest BCUT2D eigenvalue weighted by Gasteiger charge is -2.15. The van der Waals surface area contributed by atoms with Crippen LogP contribution in [0.5, 0.6) is 0 Å². The Labute approximate surface area is 316 Å². The van der Waals surface area contributed by atoms with Gasteiger partial charge in [-0.2, -0.15) is 5.26 Å². The second-order valence-corrected chi connectivity index (χ2v) is 14.0. The minimum Gasteiger partial charge on any atom is -0.309 e. The van der Waals surface area contributed by atoms with E-state index >= 15 is 0 Å². The predicted molar refractivity (Wildman–Crippen MR) is 226 cm³/mol. The van der Waals surface area contributed by atoms with Crippen LogP contribution in [-0.2, 0) is 0 Å². The van der Waals surface area contributed by atoms with Crippen molar-refractivity contribution in [3.05, 3.63) is 193 Å². The van der Waals surface area contributed by atoms with Crippen LogP contribution in [0.4, 0.5) is 5.69 Å². The molecule has 0 bridgehead atoms. The summed E-state index contributed by atoms with van der Waals surface area (Å²) in [5.41, 5.74) is 12.4.